The normalized spacial score (nSPS) is 10.7. The van der Waals surface area contributed by atoms with Crippen molar-refractivity contribution in [2.45, 2.75) is 0 Å². The van der Waals surface area contributed by atoms with E-state index in [0.717, 1.165) is 0 Å². The maximum absolute atomic E-state index is 11.9. The fraction of sp³-hybridized carbons (Fsp3) is 0.0714. The van der Waals surface area contributed by atoms with Gasteiger partial charge in [-0.15, -0.1) is 0 Å². The van der Waals surface area contributed by atoms with Crippen LogP contribution in [0, 0.1) is 0 Å². The topological polar surface area (TPSA) is 83.8 Å². The minimum Gasteiger partial charge on any atom is -0.503 e. The number of aromatic nitrogens is 1. The van der Waals surface area contributed by atoms with Crippen LogP contribution in [0.5, 0.6) is 11.5 Å². The Morgan fingerprint density at radius 3 is 2.82 bits per heavy atom. The lowest BCUT2D eigenvalue weighted by Gasteiger charge is -2.06. The summed E-state index contributed by atoms with van der Waals surface area (Å²) in [6.07, 6.45) is 4.46. The first kappa shape index (κ1) is 16.4. The van der Waals surface area contributed by atoms with E-state index in [-0.39, 0.29) is 11.7 Å². The van der Waals surface area contributed by atoms with Crippen LogP contribution in [-0.2, 0) is 0 Å². The van der Waals surface area contributed by atoms with Gasteiger partial charge in [-0.3, -0.25) is 9.78 Å². The van der Waals surface area contributed by atoms with E-state index in [1.165, 1.54) is 19.5 Å². The summed E-state index contributed by atoms with van der Waals surface area (Å²) in [5.74, 6) is -0.0721. The van der Waals surface area contributed by atoms with Crippen LogP contribution in [0.3, 0.4) is 0 Å². The number of hydrogen-bond acceptors (Lipinski definition) is 5. The van der Waals surface area contributed by atoms with Gasteiger partial charge in [-0.05, 0) is 55.6 Å². The van der Waals surface area contributed by atoms with Crippen LogP contribution in [0.2, 0.25) is 0 Å². The zero-order valence-corrected chi connectivity index (χ0v) is 14.6. The Balaban J connectivity index is 2.10. The molecule has 0 saturated heterocycles. The number of benzene rings is 1. The summed E-state index contributed by atoms with van der Waals surface area (Å²) >= 11 is 6.45. The van der Waals surface area contributed by atoms with Crippen LogP contribution in [-0.4, -0.2) is 29.3 Å². The van der Waals surface area contributed by atoms with Gasteiger partial charge < -0.3 is 9.84 Å². The highest BCUT2D eigenvalue weighted by atomic mass is 79.9. The number of carbonyl (C=O) groups is 1. The summed E-state index contributed by atoms with van der Waals surface area (Å²) in [5, 5.41) is 13.6. The van der Waals surface area contributed by atoms with Gasteiger partial charge in [-0.25, -0.2) is 5.43 Å². The molecule has 1 aromatic heterocycles. The molecule has 0 saturated carbocycles. The number of halogens is 2. The van der Waals surface area contributed by atoms with Crippen molar-refractivity contribution < 1.29 is 14.6 Å². The highest BCUT2D eigenvalue weighted by Gasteiger charge is 2.08. The number of ether oxygens (including phenoxy) is 1. The Bertz CT molecular complexity index is 735. The zero-order chi connectivity index (χ0) is 16.1. The van der Waals surface area contributed by atoms with Gasteiger partial charge in [0.15, 0.2) is 11.5 Å². The molecule has 0 spiro atoms. The predicted octanol–water partition coefficient (Wildman–Crippen LogP) is 3.08. The molecule has 0 bridgehead atoms. The van der Waals surface area contributed by atoms with Gasteiger partial charge in [0, 0.05) is 16.9 Å². The highest BCUT2D eigenvalue weighted by molar-refractivity contribution is 9.10. The van der Waals surface area contributed by atoms with Crippen molar-refractivity contribution in [3.05, 3.63) is 50.7 Å². The molecule has 0 aliphatic heterocycles. The number of aromatic hydroxyl groups is 1. The summed E-state index contributed by atoms with van der Waals surface area (Å²) in [4.78, 5) is 15.8. The number of nitrogens with zero attached hydrogens (tertiary/aromatic N) is 2. The third kappa shape index (κ3) is 4.05. The van der Waals surface area contributed by atoms with Crippen molar-refractivity contribution in [3.8, 4) is 11.5 Å². The molecule has 114 valence electrons. The first-order chi connectivity index (χ1) is 10.5. The average Bonchev–Trinajstić information content (AvgIpc) is 2.50. The van der Waals surface area contributed by atoms with E-state index in [0.29, 0.717) is 25.8 Å². The summed E-state index contributed by atoms with van der Waals surface area (Å²) in [7, 11) is 1.45. The molecule has 0 atom stereocenters. The van der Waals surface area contributed by atoms with Crippen LogP contribution in [0.4, 0.5) is 0 Å². The van der Waals surface area contributed by atoms with Crippen LogP contribution in [0.1, 0.15) is 15.9 Å². The van der Waals surface area contributed by atoms with Crippen molar-refractivity contribution in [1.82, 2.24) is 10.4 Å². The Hall–Kier alpha value is -1.93. The van der Waals surface area contributed by atoms with Crippen LogP contribution >= 0.6 is 31.9 Å². The number of phenols is 1. The number of methoxy groups -OCH3 is 1. The molecule has 1 amide bonds. The van der Waals surface area contributed by atoms with E-state index in [9.17, 15) is 9.90 Å². The molecular weight excluding hydrogens is 418 g/mol. The van der Waals surface area contributed by atoms with E-state index in [1.807, 2.05) is 0 Å². The van der Waals surface area contributed by atoms with E-state index in [2.05, 4.69) is 47.4 Å². The Labute approximate surface area is 143 Å². The van der Waals surface area contributed by atoms with Crippen molar-refractivity contribution in [3.63, 3.8) is 0 Å². The average molecular weight is 429 g/mol. The van der Waals surface area contributed by atoms with E-state index in [1.54, 1.807) is 24.4 Å². The van der Waals surface area contributed by atoms with Crippen molar-refractivity contribution in [1.29, 1.82) is 0 Å². The van der Waals surface area contributed by atoms with Gasteiger partial charge in [0.2, 0.25) is 0 Å². The van der Waals surface area contributed by atoms with Crippen molar-refractivity contribution in [2.75, 3.05) is 7.11 Å². The van der Waals surface area contributed by atoms with E-state index < -0.39 is 0 Å². The van der Waals surface area contributed by atoms with Gasteiger partial charge in [0.05, 0.1) is 23.4 Å². The molecule has 2 rings (SSSR count). The second-order valence-electron chi connectivity index (χ2n) is 4.14. The summed E-state index contributed by atoms with van der Waals surface area (Å²) in [5.41, 5.74) is 3.43. The third-order valence-electron chi connectivity index (χ3n) is 2.62. The van der Waals surface area contributed by atoms with Gasteiger partial charge in [0.25, 0.3) is 5.91 Å². The van der Waals surface area contributed by atoms with Crippen molar-refractivity contribution >= 4 is 44.0 Å². The number of pyridine rings is 1. The number of nitrogens with one attached hydrogen (secondary N) is 1. The molecular formula is C14H11Br2N3O3. The second kappa shape index (κ2) is 7.37. The molecule has 0 unspecified atom stereocenters. The molecule has 1 aromatic carbocycles. The maximum Gasteiger partial charge on any atom is 0.272 e. The molecule has 8 heteroatoms. The Morgan fingerprint density at radius 1 is 1.36 bits per heavy atom. The second-order valence-corrected chi connectivity index (χ2v) is 5.91. The molecule has 22 heavy (non-hydrogen) atoms. The third-order valence-corrected chi connectivity index (χ3v) is 3.66. The number of phenolic OH excluding ortho intramolecular Hbond substituents is 1. The van der Waals surface area contributed by atoms with Gasteiger partial charge in [0.1, 0.15) is 0 Å². The summed E-state index contributed by atoms with van der Waals surface area (Å²) in [6, 6.07) is 4.88. The quantitative estimate of drug-likeness (QED) is 0.578. The van der Waals surface area contributed by atoms with Gasteiger partial charge in [-0.1, -0.05) is 0 Å². The maximum atomic E-state index is 11.9. The van der Waals surface area contributed by atoms with E-state index >= 15 is 0 Å². The number of hydrazone groups is 1. The minimum absolute atomic E-state index is 0.00361. The van der Waals surface area contributed by atoms with Crippen LogP contribution < -0.4 is 10.2 Å². The van der Waals surface area contributed by atoms with Crippen LogP contribution in [0.25, 0.3) is 0 Å². The first-order valence-corrected chi connectivity index (χ1v) is 7.60. The fourth-order valence-electron chi connectivity index (χ4n) is 1.59. The highest BCUT2D eigenvalue weighted by Crippen LogP contribution is 2.34. The zero-order valence-electron chi connectivity index (χ0n) is 11.4. The fourth-order valence-corrected chi connectivity index (χ4v) is 2.41. The first-order valence-electron chi connectivity index (χ1n) is 6.01. The summed E-state index contributed by atoms with van der Waals surface area (Å²) < 4.78 is 6.21. The molecule has 0 aliphatic carbocycles. The monoisotopic (exact) mass is 427 g/mol. The van der Waals surface area contributed by atoms with E-state index in [4.69, 9.17) is 4.74 Å². The molecule has 0 radical (unpaired) electrons. The van der Waals surface area contributed by atoms with Crippen molar-refractivity contribution in [2.24, 2.45) is 5.10 Å². The molecule has 1 heterocycles. The molecule has 2 aromatic rings. The molecule has 2 N–H and O–H groups in total. The molecule has 0 aliphatic rings. The minimum atomic E-state index is -0.380. The smallest absolute Gasteiger partial charge is 0.272 e. The van der Waals surface area contributed by atoms with Crippen LogP contribution in [0.15, 0.2) is 44.6 Å². The number of carbonyl (C=O) groups excluding carboxylic acids is 1. The molecule has 0 fully saturated rings. The summed E-state index contributed by atoms with van der Waals surface area (Å²) in [6.45, 7) is 0. The lowest BCUT2D eigenvalue weighted by molar-refractivity contribution is 0.0954. The predicted molar refractivity (Wildman–Crippen MR) is 89.4 cm³/mol. The van der Waals surface area contributed by atoms with Gasteiger partial charge in [-0.2, -0.15) is 5.10 Å². The lowest BCUT2D eigenvalue weighted by Crippen LogP contribution is -2.17. The number of amides is 1. The lowest BCUT2D eigenvalue weighted by atomic mass is 10.2. The number of hydrogen-bond donors (Lipinski definition) is 2. The SMILES string of the molecule is COc1cc(C=NNC(=O)c2cncc(Br)c2)cc(Br)c1O. The Morgan fingerprint density at radius 2 is 2.14 bits per heavy atom. The van der Waals surface area contributed by atoms with Gasteiger partial charge >= 0.3 is 0 Å². The largest absolute Gasteiger partial charge is 0.503 e. The number of rotatable bonds is 4. The standard InChI is InChI=1S/C14H11Br2N3O3/c1-22-12-3-8(2-11(16)13(12)20)5-18-19-14(21)9-4-10(15)7-17-6-9/h2-7,20H,1H3,(H,19,21). The molecule has 6 nitrogen and oxygen atoms in total. The Kier molecular flexibility index (Phi) is 5.51.